The predicted molar refractivity (Wildman–Crippen MR) is 62.7 cm³/mol. The Bertz CT molecular complexity index is 529. The highest BCUT2D eigenvalue weighted by molar-refractivity contribution is 7.89. The lowest BCUT2D eigenvalue weighted by molar-refractivity contribution is 0.327. The van der Waals surface area contributed by atoms with Crippen molar-refractivity contribution >= 4 is 21.6 Å². The SMILES string of the molecule is NC1CC(NS(=O)(=O)c2cc(F)ccc2Cl)C1. The third-order valence-corrected chi connectivity index (χ3v) is 4.68. The van der Waals surface area contributed by atoms with Gasteiger partial charge in [-0.15, -0.1) is 0 Å². The molecule has 17 heavy (non-hydrogen) atoms. The largest absolute Gasteiger partial charge is 0.328 e. The maximum atomic E-state index is 13.0. The predicted octanol–water partition coefficient (Wildman–Crippen LogP) is 1.25. The molecule has 1 aliphatic carbocycles. The summed E-state index contributed by atoms with van der Waals surface area (Å²) in [6.07, 6.45) is 1.18. The molecular weight excluding hydrogens is 267 g/mol. The van der Waals surface area contributed by atoms with Crippen molar-refractivity contribution < 1.29 is 12.8 Å². The molecule has 0 bridgehead atoms. The molecule has 0 heterocycles. The summed E-state index contributed by atoms with van der Waals surface area (Å²) in [6.45, 7) is 0. The fourth-order valence-corrected chi connectivity index (χ4v) is 3.50. The molecule has 4 nitrogen and oxygen atoms in total. The quantitative estimate of drug-likeness (QED) is 0.874. The Labute approximate surface area is 104 Å². The van der Waals surface area contributed by atoms with E-state index in [1.54, 1.807) is 0 Å². The summed E-state index contributed by atoms with van der Waals surface area (Å²) < 4.78 is 39.3. The zero-order valence-electron chi connectivity index (χ0n) is 8.86. The van der Waals surface area contributed by atoms with Crippen LogP contribution in [0.15, 0.2) is 23.1 Å². The molecule has 1 aromatic carbocycles. The maximum absolute atomic E-state index is 13.0. The molecule has 1 saturated carbocycles. The molecule has 0 aromatic heterocycles. The van der Waals surface area contributed by atoms with E-state index in [4.69, 9.17) is 17.3 Å². The van der Waals surface area contributed by atoms with Gasteiger partial charge in [0.2, 0.25) is 10.0 Å². The Kier molecular flexibility index (Phi) is 3.40. The number of nitrogens with two attached hydrogens (primary N) is 1. The number of hydrogen-bond acceptors (Lipinski definition) is 3. The van der Waals surface area contributed by atoms with Gasteiger partial charge in [-0.3, -0.25) is 0 Å². The smallest absolute Gasteiger partial charge is 0.242 e. The summed E-state index contributed by atoms with van der Waals surface area (Å²) in [5.74, 6) is -0.639. The Hall–Kier alpha value is -0.690. The number of sulfonamides is 1. The first-order chi connectivity index (χ1) is 7.88. The second kappa shape index (κ2) is 4.53. The van der Waals surface area contributed by atoms with Gasteiger partial charge in [0, 0.05) is 12.1 Å². The van der Waals surface area contributed by atoms with Crippen molar-refractivity contribution in [2.75, 3.05) is 0 Å². The molecule has 0 atom stereocenters. The van der Waals surface area contributed by atoms with Crippen LogP contribution in [0.1, 0.15) is 12.8 Å². The number of nitrogens with one attached hydrogen (secondary N) is 1. The molecule has 94 valence electrons. The summed E-state index contributed by atoms with van der Waals surface area (Å²) in [5.41, 5.74) is 5.56. The fraction of sp³-hybridized carbons (Fsp3) is 0.400. The van der Waals surface area contributed by atoms with Crippen molar-refractivity contribution in [1.82, 2.24) is 4.72 Å². The van der Waals surface area contributed by atoms with Crippen LogP contribution in [0.25, 0.3) is 0 Å². The van der Waals surface area contributed by atoms with Crippen LogP contribution in [0.5, 0.6) is 0 Å². The molecule has 0 spiro atoms. The molecule has 7 heteroatoms. The standard InChI is InChI=1S/C10H12ClFN2O2S/c11-9-2-1-6(12)3-10(9)17(15,16)14-8-4-7(13)5-8/h1-3,7-8,14H,4-5,13H2. The van der Waals surface area contributed by atoms with Crippen molar-refractivity contribution in [3.05, 3.63) is 29.0 Å². The third kappa shape index (κ3) is 2.77. The van der Waals surface area contributed by atoms with Gasteiger partial charge in [0.05, 0.1) is 5.02 Å². The van der Waals surface area contributed by atoms with Gasteiger partial charge >= 0.3 is 0 Å². The number of halogens is 2. The Morgan fingerprint density at radius 1 is 1.41 bits per heavy atom. The van der Waals surface area contributed by atoms with Gasteiger partial charge in [-0.25, -0.2) is 17.5 Å². The van der Waals surface area contributed by atoms with Crippen molar-refractivity contribution in [2.45, 2.75) is 29.8 Å². The average Bonchev–Trinajstić information content (AvgIpc) is 2.19. The number of benzene rings is 1. The first-order valence-electron chi connectivity index (χ1n) is 5.11. The van der Waals surface area contributed by atoms with Crippen LogP contribution in [0, 0.1) is 5.82 Å². The van der Waals surface area contributed by atoms with Gasteiger partial charge in [0.15, 0.2) is 0 Å². The lowest BCUT2D eigenvalue weighted by Crippen LogP contribution is -2.50. The van der Waals surface area contributed by atoms with Crippen LogP contribution in [0.4, 0.5) is 4.39 Å². The van der Waals surface area contributed by atoms with E-state index in [-0.39, 0.29) is 22.0 Å². The van der Waals surface area contributed by atoms with E-state index in [1.165, 1.54) is 6.07 Å². The van der Waals surface area contributed by atoms with E-state index in [0.29, 0.717) is 12.8 Å². The lowest BCUT2D eigenvalue weighted by atomic mass is 9.89. The van der Waals surface area contributed by atoms with Gasteiger partial charge in [-0.1, -0.05) is 11.6 Å². The zero-order chi connectivity index (χ0) is 12.6. The van der Waals surface area contributed by atoms with E-state index in [9.17, 15) is 12.8 Å². The van der Waals surface area contributed by atoms with Crippen LogP contribution in [-0.4, -0.2) is 20.5 Å². The second-order valence-corrected chi connectivity index (χ2v) is 6.21. The molecule has 1 aromatic rings. The van der Waals surface area contributed by atoms with Gasteiger partial charge in [0.25, 0.3) is 0 Å². The molecule has 0 aliphatic heterocycles. The highest BCUT2D eigenvalue weighted by Crippen LogP contribution is 2.25. The van der Waals surface area contributed by atoms with Crippen LogP contribution in [0.3, 0.4) is 0 Å². The second-order valence-electron chi connectivity index (χ2n) is 4.12. The van der Waals surface area contributed by atoms with E-state index in [2.05, 4.69) is 4.72 Å². The highest BCUT2D eigenvalue weighted by atomic mass is 35.5. The zero-order valence-corrected chi connectivity index (χ0v) is 10.4. The summed E-state index contributed by atoms with van der Waals surface area (Å²) in [7, 11) is -3.77. The first-order valence-corrected chi connectivity index (χ1v) is 6.97. The minimum atomic E-state index is -3.77. The summed E-state index contributed by atoms with van der Waals surface area (Å²) in [4.78, 5) is -0.236. The van der Waals surface area contributed by atoms with E-state index in [0.717, 1.165) is 12.1 Å². The third-order valence-electron chi connectivity index (χ3n) is 2.68. The van der Waals surface area contributed by atoms with E-state index < -0.39 is 15.8 Å². The van der Waals surface area contributed by atoms with E-state index in [1.807, 2.05) is 0 Å². The highest BCUT2D eigenvalue weighted by Gasteiger charge is 2.31. The van der Waals surface area contributed by atoms with Gasteiger partial charge in [-0.2, -0.15) is 0 Å². The molecule has 0 unspecified atom stereocenters. The van der Waals surface area contributed by atoms with Crippen molar-refractivity contribution in [3.8, 4) is 0 Å². The molecule has 1 fully saturated rings. The molecular formula is C10H12ClFN2O2S. The van der Waals surface area contributed by atoms with Crippen molar-refractivity contribution in [3.63, 3.8) is 0 Å². The van der Waals surface area contributed by atoms with Crippen molar-refractivity contribution in [2.24, 2.45) is 5.73 Å². The fourth-order valence-electron chi connectivity index (χ4n) is 1.72. The number of hydrogen-bond donors (Lipinski definition) is 2. The Morgan fingerprint density at radius 3 is 2.65 bits per heavy atom. The van der Waals surface area contributed by atoms with Crippen LogP contribution >= 0.6 is 11.6 Å². The van der Waals surface area contributed by atoms with Crippen LogP contribution in [0.2, 0.25) is 5.02 Å². The summed E-state index contributed by atoms with van der Waals surface area (Å²) >= 11 is 5.74. The van der Waals surface area contributed by atoms with Gasteiger partial charge < -0.3 is 5.73 Å². The molecule has 2 rings (SSSR count). The van der Waals surface area contributed by atoms with Gasteiger partial charge in [0.1, 0.15) is 10.7 Å². The van der Waals surface area contributed by atoms with Crippen LogP contribution < -0.4 is 10.5 Å². The number of rotatable bonds is 3. The van der Waals surface area contributed by atoms with E-state index >= 15 is 0 Å². The summed E-state index contributed by atoms with van der Waals surface area (Å²) in [6, 6.07) is 3.09. The van der Waals surface area contributed by atoms with Crippen LogP contribution in [-0.2, 0) is 10.0 Å². The molecule has 0 radical (unpaired) electrons. The molecule has 0 saturated heterocycles. The lowest BCUT2D eigenvalue weighted by Gasteiger charge is -2.32. The average molecular weight is 279 g/mol. The van der Waals surface area contributed by atoms with Gasteiger partial charge in [-0.05, 0) is 31.0 Å². The molecule has 3 N–H and O–H groups in total. The minimum Gasteiger partial charge on any atom is -0.328 e. The van der Waals surface area contributed by atoms with Crippen molar-refractivity contribution in [1.29, 1.82) is 0 Å². The first kappa shape index (κ1) is 12.8. The normalized spacial score (nSPS) is 24.4. The Morgan fingerprint density at radius 2 is 2.06 bits per heavy atom. The minimum absolute atomic E-state index is 0.00234. The maximum Gasteiger partial charge on any atom is 0.242 e. The topological polar surface area (TPSA) is 72.2 Å². The summed E-state index contributed by atoms with van der Waals surface area (Å²) in [5, 5.41) is 0.00234. The molecule has 1 aliphatic rings. The molecule has 0 amide bonds. The Balaban J connectivity index is 2.22. The monoisotopic (exact) mass is 278 g/mol.